The fourth-order valence-corrected chi connectivity index (χ4v) is 2.40. The quantitative estimate of drug-likeness (QED) is 0.574. The van der Waals surface area contributed by atoms with Crippen LogP contribution in [0.2, 0.25) is 0 Å². The molecule has 23 heavy (non-hydrogen) atoms. The topological polar surface area (TPSA) is 65.0 Å². The summed E-state index contributed by atoms with van der Waals surface area (Å²) in [5, 5.41) is 4.00. The highest BCUT2D eigenvalue weighted by Gasteiger charge is 2.11. The molecule has 4 aromatic rings. The average Bonchev–Trinajstić information content (AvgIpc) is 3.14. The first-order valence-electron chi connectivity index (χ1n) is 7.12. The van der Waals surface area contributed by atoms with E-state index in [0.717, 1.165) is 22.2 Å². The smallest absolute Gasteiger partial charge is 0.231 e. The van der Waals surface area contributed by atoms with Crippen LogP contribution in [0.25, 0.3) is 22.5 Å². The van der Waals surface area contributed by atoms with E-state index in [-0.39, 0.29) is 5.82 Å². The number of rotatable bonds is 3. The van der Waals surface area contributed by atoms with Gasteiger partial charge >= 0.3 is 0 Å². The molecule has 2 aromatic heterocycles. The first-order chi connectivity index (χ1) is 11.2. The molecule has 0 aliphatic carbocycles. The molecule has 0 aliphatic rings. The van der Waals surface area contributed by atoms with E-state index in [4.69, 9.17) is 8.94 Å². The van der Waals surface area contributed by atoms with Crippen molar-refractivity contribution >= 4 is 11.1 Å². The first-order valence-corrected chi connectivity index (χ1v) is 7.12. The Hall–Kier alpha value is -3.02. The molecule has 0 amide bonds. The number of hydrogen-bond donors (Lipinski definition) is 0. The molecule has 114 valence electrons. The van der Waals surface area contributed by atoms with Gasteiger partial charge in [0, 0.05) is 12.5 Å². The Labute approximate surface area is 130 Å². The highest BCUT2D eigenvalue weighted by Crippen LogP contribution is 2.23. The van der Waals surface area contributed by atoms with E-state index in [1.807, 2.05) is 18.2 Å². The van der Waals surface area contributed by atoms with E-state index in [1.165, 1.54) is 12.1 Å². The second-order valence-corrected chi connectivity index (χ2v) is 5.23. The third-order valence-corrected chi connectivity index (χ3v) is 3.49. The summed E-state index contributed by atoms with van der Waals surface area (Å²) >= 11 is 0. The van der Waals surface area contributed by atoms with Gasteiger partial charge < -0.3 is 8.94 Å². The molecular formula is C17H12FN3O2. The molecule has 0 radical (unpaired) electrons. The van der Waals surface area contributed by atoms with E-state index >= 15 is 0 Å². The van der Waals surface area contributed by atoms with Gasteiger partial charge in [0.25, 0.3) is 0 Å². The van der Waals surface area contributed by atoms with Gasteiger partial charge in [-0.25, -0.2) is 9.37 Å². The highest BCUT2D eigenvalue weighted by atomic mass is 19.1. The molecule has 0 unspecified atom stereocenters. The second kappa shape index (κ2) is 5.31. The van der Waals surface area contributed by atoms with Crippen LogP contribution in [0, 0.1) is 12.7 Å². The minimum Gasteiger partial charge on any atom is -0.441 e. The molecule has 5 nitrogen and oxygen atoms in total. The molecule has 0 saturated carbocycles. The molecular weight excluding hydrogens is 297 g/mol. The van der Waals surface area contributed by atoms with Crippen molar-refractivity contribution in [3.05, 3.63) is 65.6 Å². The van der Waals surface area contributed by atoms with Gasteiger partial charge in [-0.3, -0.25) is 0 Å². The van der Waals surface area contributed by atoms with Crippen molar-refractivity contribution in [2.45, 2.75) is 13.3 Å². The molecule has 0 spiro atoms. The van der Waals surface area contributed by atoms with E-state index in [2.05, 4.69) is 15.1 Å². The summed E-state index contributed by atoms with van der Waals surface area (Å²) in [6.45, 7) is 1.80. The minimum atomic E-state index is -0.267. The van der Waals surface area contributed by atoms with Gasteiger partial charge in [-0.2, -0.15) is 4.98 Å². The summed E-state index contributed by atoms with van der Waals surface area (Å²) in [7, 11) is 0. The van der Waals surface area contributed by atoms with Gasteiger partial charge in [-0.05, 0) is 35.9 Å². The normalized spacial score (nSPS) is 11.2. The average molecular weight is 309 g/mol. The van der Waals surface area contributed by atoms with Gasteiger partial charge in [-0.1, -0.05) is 17.3 Å². The van der Waals surface area contributed by atoms with Crippen molar-refractivity contribution in [3.8, 4) is 11.4 Å². The lowest BCUT2D eigenvalue weighted by Crippen LogP contribution is -1.89. The van der Waals surface area contributed by atoms with E-state index in [1.54, 1.807) is 19.1 Å². The van der Waals surface area contributed by atoms with Crippen molar-refractivity contribution in [2.24, 2.45) is 0 Å². The molecule has 0 saturated heterocycles. The monoisotopic (exact) mass is 309 g/mol. The van der Waals surface area contributed by atoms with E-state index < -0.39 is 0 Å². The van der Waals surface area contributed by atoms with Crippen LogP contribution < -0.4 is 0 Å². The molecule has 0 N–H and O–H groups in total. The predicted molar refractivity (Wildman–Crippen MR) is 81.2 cm³/mol. The summed E-state index contributed by atoms with van der Waals surface area (Å²) in [5.74, 6) is 1.31. The largest absolute Gasteiger partial charge is 0.441 e. The highest BCUT2D eigenvalue weighted by molar-refractivity contribution is 5.78. The molecule has 0 fully saturated rings. The van der Waals surface area contributed by atoms with E-state index in [0.29, 0.717) is 24.0 Å². The van der Waals surface area contributed by atoms with Crippen molar-refractivity contribution < 1.29 is 13.3 Å². The van der Waals surface area contributed by atoms with Crippen molar-refractivity contribution in [1.29, 1.82) is 0 Å². The van der Waals surface area contributed by atoms with Crippen LogP contribution in [0.15, 0.2) is 51.4 Å². The number of halogens is 1. The Kier molecular flexibility index (Phi) is 3.15. The Bertz CT molecular complexity index is 973. The van der Waals surface area contributed by atoms with Crippen LogP contribution in [0.1, 0.15) is 17.3 Å². The minimum absolute atomic E-state index is 0.267. The third-order valence-electron chi connectivity index (χ3n) is 3.49. The van der Waals surface area contributed by atoms with E-state index in [9.17, 15) is 4.39 Å². The number of benzene rings is 2. The third kappa shape index (κ3) is 2.70. The van der Waals surface area contributed by atoms with Crippen LogP contribution in [0.5, 0.6) is 0 Å². The number of hydrogen-bond acceptors (Lipinski definition) is 5. The summed E-state index contributed by atoms with van der Waals surface area (Å²) in [5.41, 5.74) is 3.19. The van der Waals surface area contributed by atoms with Crippen LogP contribution in [-0.4, -0.2) is 15.1 Å². The summed E-state index contributed by atoms with van der Waals surface area (Å²) in [6.07, 6.45) is 0.457. The van der Waals surface area contributed by atoms with Crippen LogP contribution >= 0.6 is 0 Å². The van der Waals surface area contributed by atoms with Crippen LogP contribution in [0.3, 0.4) is 0 Å². The molecule has 2 heterocycles. The molecule has 4 rings (SSSR count). The standard InChI is InChI=1S/C17H12FN3O2/c1-10-19-14-9-12(4-7-15(14)22-10)17-20-16(23-21-17)8-11-2-5-13(18)6-3-11/h2-7,9H,8H2,1H3. The number of oxazole rings is 1. The van der Waals surface area contributed by atoms with Gasteiger partial charge in [0.05, 0.1) is 6.42 Å². The number of nitrogens with zero attached hydrogens (tertiary/aromatic N) is 3. The molecule has 0 atom stereocenters. The van der Waals surface area contributed by atoms with Crippen LogP contribution in [-0.2, 0) is 6.42 Å². The lowest BCUT2D eigenvalue weighted by molar-refractivity contribution is 0.385. The maximum Gasteiger partial charge on any atom is 0.231 e. The zero-order valence-corrected chi connectivity index (χ0v) is 12.3. The first kappa shape index (κ1) is 13.6. The maximum absolute atomic E-state index is 12.9. The van der Waals surface area contributed by atoms with Gasteiger partial charge in [0.1, 0.15) is 11.3 Å². The van der Waals surface area contributed by atoms with Crippen molar-refractivity contribution in [1.82, 2.24) is 15.1 Å². The SMILES string of the molecule is Cc1nc2cc(-c3noc(Cc4ccc(F)cc4)n3)ccc2o1. The molecule has 0 aliphatic heterocycles. The summed E-state index contributed by atoms with van der Waals surface area (Å²) in [4.78, 5) is 8.68. The maximum atomic E-state index is 12.9. The fourth-order valence-electron chi connectivity index (χ4n) is 2.40. The van der Waals surface area contributed by atoms with Crippen molar-refractivity contribution in [2.75, 3.05) is 0 Å². The molecule has 2 aromatic carbocycles. The second-order valence-electron chi connectivity index (χ2n) is 5.23. The zero-order chi connectivity index (χ0) is 15.8. The number of aromatic nitrogens is 3. The number of fused-ring (bicyclic) bond motifs is 1. The molecule has 6 heteroatoms. The summed E-state index contributed by atoms with van der Waals surface area (Å²) in [6, 6.07) is 11.8. The zero-order valence-electron chi connectivity index (χ0n) is 12.3. The van der Waals surface area contributed by atoms with Gasteiger partial charge in [0.2, 0.25) is 11.7 Å². The Morgan fingerprint density at radius 2 is 1.87 bits per heavy atom. The Morgan fingerprint density at radius 3 is 2.70 bits per heavy atom. The summed E-state index contributed by atoms with van der Waals surface area (Å²) < 4.78 is 23.6. The Balaban J connectivity index is 1.61. The molecule has 0 bridgehead atoms. The lowest BCUT2D eigenvalue weighted by Gasteiger charge is -1.95. The Morgan fingerprint density at radius 1 is 1.04 bits per heavy atom. The van der Waals surface area contributed by atoms with Crippen molar-refractivity contribution in [3.63, 3.8) is 0 Å². The number of aryl methyl sites for hydroxylation is 1. The van der Waals surface area contributed by atoms with Gasteiger partial charge in [-0.15, -0.1) is 0 Å². The predicted octanol–water partition coefficient (Wildman–Crippen LogP) is 3.92. The van der Waals surface area contributed by atoms with Gasteiger partial charge in [0.15, 0.2) is 11.5 Å². The van der Waals surface area contributed by atoms with Crippen LogP contribution in [0.4, 0.5) is 4.39 Å². The lowest BCUT2D eigenvalue weighted by atomic mass is 10.1. The fraction of sp³-hybridized carbons (Fsp3) is 0.118.